The molecule has 0 bridgehead atoms. The first-order chi connectivity index (χ1) is 14.7. The Morgan fingerprint density at radius 1 is 1.00 bits per heavy atom. The van der Waals surface area contributed by atoms with E-state index in [0.29, 0.717) is 12.1 Å². The number of carbonyl (C=O) groups excluding carboxylic acids is 2. The molecule has 2 aromatic carbocycles. The van der Waals surface area contributed by atoms with Crippen molar-refractivity contribution in [1.82, 2.24) is 4.98 Å². The molecule has 0 atom stereocenters. The first kappa shape index (κ1) is 20.0. The average molecular weight is 405 g/mol. The Hall–Kier alpha value is -3.28. The molecule has 0 unspecified atom stereocenters. The van der Waals surface area contributed by atoms with Crippen molar-refractivity contribution in [2.45, 2.75) is 32.1 Å². The van der Waals surface area contributed by atoms with Gasteiger partial charge in [0.25, 0.3) is 5.91 Å². The average Bonchev–Trinajstić information content (AvgIpc) is 3.20. The smallest absolute Gasteiger partial charge is 0.306 e. The van der Waals surface area contributed by atoms with Crippen LogP contribution in [-0.4, -0.2) is 36.6 Å². The fourth-order valence-corrected chi connectivity index (χ4v) is 3.90. The van der Waals surface area contributed by atoms with Gasteiger partial charge in [-0.3, -0.25) is 9.59 Å². The molecule has 6 heteroatoms. The summed E-state index contributed by atoms with van der Waals surface area (Å²) in [6, 6.07) is 15.8. The summed E-state index contributed by atoms with van der Waals surface area (Å²) >= 11 is 0. The number of aromatic nitrogens is 1. The van der Waals surface area contributed by atoms with Crippen molar-refractivity contribution in [3.05, 3.63) is 60.3 Å². The molecule has 3 aromatic rings. The monoisotopic (exact) mass is 405 g/mol. The molecule has 0 spiro atoms. The molecular formula is C24H27N3O3. The first-order valence-electron chi connectivity index (χ1n) is 10.5. The SMILES string of the molecule is O=C(COC(=O)CCc1c[nH]c2ccccc12)Nc1ccc(N2CCCCC2)cc1. The number of aryl methyl sites for hydroxylation is 1. The van der Waals surface area contributed by atoms with Crippen LogP contribution in [0.3, 0.4) is 0 Å². The predicted octanol–water partition coefficient (Wildman–Crippen LogP) is 4.27. The molecule has 4 rings (SSSR count). The quantitative estimate of drug-likeness (QED) is 0.576. The van der Waals surface area contributed by atoms with Gasteiger partial charge in [0, 0.05) is 48.0 Å². The zero-order chi connectivity index (χ0) is 20.8. The molecule has 30 heavy (non-hydrogen) atoms. The lowest BCUT2D eigenvalue weighted by Gasteiger charge is -2.28. The minimum absolute atomic E-state index is 0.236. The maximum Gasteiger partial charge on any atom is 0.306 e. The molecular weight excluding hydrogens is 378 g/mol. The summed E-state index contributed by atoms with van der Waals surface area (Å²) in [5.74, 6) is -0.711. The summed E-state index contributed by atoms with van der Waals surface area (Å²) in [5.41, 5.74) is 4.00. The molecule has 1 amide bonds. The van der Waals surface area contributed by atoms with Gasteiger partial charge in [-0.25, -0.2) is 0 Å². The molecule has 1 saturated heterocycles. The molecule has 2 N–H and O–H groups in total. The molecule has 2 heterocycles. The molecule has 156 valence electrons. The Bertz CT molecular complexity index is 1000. The van der Waals surface area contributed by atoms with E-state index in [1.54, 1.807) is 0 Å². The van der Waals surface area contributed by atoms with E-state index in [1.165, 1.54) is 24.9 Å². The molecule has 6 nitrogen and oxygen atoms in total. The Morgan fingerprint density at radius 2 is 1.77 bits per heavy atom. The van der Waals surface area contributed by atoms with Gasteiger partial charge in [-0.05, 0) is 61.6 Å². The number of piperidine rings is 1. The Kier molecular flexibility index (Phi) is 6.32. The summed E-state index contributed by atoms with van der Waals surface area (Å²) in [6.07, 6.45) is 6.47. The highest BCUT2D eigenvalue weighted by Gasteiger charge is 2.12. The number of para-hydroxylation sites is 1. The second-order valence-corrected chi connectivity index (χ2v) is 7.66. The summed E-state index contributed by atoms with van der Waals surface area (Å²) < 4.78 is 5.14. The normalized spacial score (nSPS) is 13.9. The van der Waals surface area contributed by atoms with Crippen molar-refractivity contribution in [2.24, 2.45) is 0 Å². The Morgan fingerprint density at radius 3 is 2.57 bits per heavy atom. The van der Waals surface area contributed by atoms with Crippen LogP contribution in [0.4, 0.5) is 11.4 Å². The molecule has 0 radical (unpaired) electrons. The maximum absolute atomic E-state index is 12.1. The second kappa shape index (κ2) is 9.48. The van der Waals surface area contributed by atoms with Crippen molar-refractivity contribution in [3.63, 3.8) is 0 Å². The van der Waals surface area contributed by atoms with Gasteiger partial charge in [-0.2, -0.15) is 0 Å². The van der Waals surface area contributed by atoms with Gasteiger partial charge in [0.05, 0.1) is 0 Å². The molecule has 1 aromatic heterocycles. The second-order valence-electron chi connectivity index (χ2n) is 7.66. The highest BCUT2D eigenvalue weighted by atomic mass is 16.5. The summed E-state index contributed by atoms with van der Waals surface area (Å²) in [5, 5.41) is 3.89. The van der Waals surface area contributed by atoms with Crippen molar-refractivity contribution in [1.29, 1.82) is 0 Å². The highest BCUT2D eigenvalue weighted by Crippen LogP contribution is 2.22. The number of fused-ring (bicyclic) bond motifs is 1. The van der Waals surface area contributed by atoms with E-state index in [0.717, 1.165) is 29.6 Å². The van der Waals surface area contributed by atoms with Gasteiger partial charge in [-0.15, -0.1) is 0 Å². The van der Waals surface area contributed by atoms with E-state index in [-0.39, 0.29) is 24.9 Å². The molecule has 1 aliphatic rings. The number of H-pyrrole nitrogens is 1. The van der Waals surface area contributed by atoms with Crippen LogP contribution >= 0.6 is 0 Å². The largest absolute Gasteiger partial charge is 0.456 e. The van der Waals surface area contributed by atoms with Gasteiger partial charge in [-0.1, -0.05) is 18.2 Å². The van der Waals surface area contributed by atoms with E-state index in [4.69, 9.17) is 4.74 Å². The van der Waals surface area contributed by atoms with Crippen molar-refractivity contribution >= 4 is 34.2 Å². The molecule has 0 aliphatic carbocycles. The molecule has 1 aliphatic heterocycles. The highest BCUT2D eigenvalue weighted by molar-refractivity contribution is 5.93. The number of hydrogen-bond acceptors (Lipinski definition) is 4. The van der Waals surface area contributed by atoms with Crippen LogP contribution in [0, 0.1) is 0 Å². The number of esters is 1. The minimum Gasteiger partial charge on any atom is -0.456 e. The van der Waals surface area contributed by atoms with Gasteiger partial charge >= 0.3 is 5.97 Å². The third-order valence-corrected chi connectivity index (χ3v) is 5.51. The van der Waals surface area contributed by atoms with E-state index in [2.05, 4.69) is 15.2 Å². The number of rotatable bonds is 7. The van der Waals surface area contributed by atoms with E-state index in [9.17, 15) is 9.59 Å². The van der Waals surface area contributed by atoms with E-state index >= 15 is 0 Å². The number of carbonyl (C=O) groups is 2. The number of amides is 1. The van der Waals surface area contributed by atoms with Crippen LogP contribution in [0.5, 0.6) is 0 Å². The standard InChI is InChI=1S/C24H27N3O3/c28-23(26-19-9-11-20(12-10-19)27-14-4-1-5-15-27)17-30-24(29)13-8-18-16-25-22-7-3-2-6-21(18)22/h2-3,6-7,9-12,16,25H,1,4-5,8,13-15,17H2,(H,26,28). The lowest BCUT2D eigenvalue weighted by Crippen LogP contribution is -2.29. The van der Waals surface area contributed by atoms with Crippen LogP contribution in [0.15, 0.2) is 54.7 Å². The maximum atomic E-state index is 12.1. The molecule has 1 fully saturated rings. The van der Waals surface area contributed by atoms with Crippen LogP contribution in [0.2, 0.25) is 0 Å². The van der Waals surface area contributed by atoms with Crippen LogP contribution in [-0.2, 0) is 20.7 Å². The number of aromatic amines is 1. The van der Waals surface area contributed by atoms with Gasteiger partial charge < -0.3 is 19.9 Å². The number of anilines is 2. The minimum atomic E-state index is -0.379. The van der Waals surface area contributed by atoms with Gasteiger partial charge in [0.2, 0.25) is 0 Å². The lowest BCUT2D eigenvalue weighted by atomic mass is 10.1. The Balaban J connectivity index is 1.21. The topological polar surface area (TPSA) is 74.4 Å². The third kappa shape index (κ3) is 5.00. The number of ether oxygens (including phenoxy) is 1. The number of nitrogens with zero attached hydrogens (tertiary/aromatic N) is 1. The fraction of sp³-hybridized carbons (Fsp3) is 0.333. The van der Waals surface area contributed by atoms with Gasteiger partial charge in [0.1, 0.15) is 0 Å². The van der Waals surface area contributed by atoms with Crippen LogP contribution in [0.1, 0.15) is 31.2 Å². The summed E-state index contributed by atoms with van der Waals surface area (Å²) in [7, 11) is 0. The van der Waals surface area contributed by atoms with Crippen LogP contribution < -0.4 is 10.2 Å². The Labute approximate surface area is 176 Å². The van der Waals surface area contributed by atoms with Crippen molar-refractivity contribution in [2.75, 3.05) is 29.9 Å². The van der Waals surface area contributed by atoms with Gasteiger partial charge in [0.15, 0.2) is 6.61 Å². The third-order valence-electron chi connectivity index (χ3n) is 5.51. The number of nitrogens with one attached hydrogen (secondary N) is 2. The summed E-state index contributed by atoms with van der Waals surface area (Å²) in [6.45, 7) is 1.89. The lowest BCUT2D eigenvalue weighted by molar-refractivity contribution is -0.147. The fourth-order valence-electron chi connectivity index (χ4n) is 3.90. The zero-order valence-electron chi connectivity index (χ0n) is 17.0. The van der Waals surface area contributed by atoms with Crippen LogP contribution in [0.25, 0.3) is 10.9 Å². The summed E-state index contributed by atoms with van der Waals surface area (Å²) in [4.78, 5) is 29.7. The first-order valence-corrected chi connectivity index (χ1v) is 10.5. The van der Waals surface area contributed by atoms with Crippen molar-refractivity contribution < 1.29 is 14.3 Å². The number of hydrogen-bond donors (Lipinski definition) is 2. The predicted molar refractivity (Wildman–Crippen MR) is 119 cm³/mol. The van der Waals surface area contributed by atoms with Crippen molar-refractivity contribution in [3.8, 4) is 0 Å². The van der Waals surface area contributed by atoms with E-state index in [1.807, 2.05) is 54.7 Å². The molecule has 0 saturated carbocycles. The number of benzene rings is 2. The zero-order valence-corrected chi connectivity index (χ0v) is 17.0. The van der Waals surface area contributed by atoms with E-state index < -0.39 is 0 Å².